The minimum atomic E-state index is -0.0540. The van der Waals surface area contributed by atoms with E-state index >= 15 is 0 Å². The van der Waals surface area contributed by atoms with Gasteiger partial charge in [0, 0.05) is 17.9 Å². The molecule has 0 bridgehead atoms. The zero-order valence-electron chi connectivity index (χ0n) is 9.37. The lowest BCUT2D eigenvalue weighted by Gasteiger charge is -2.25. The third kappa shape index (κ3) is 3.63. The highest BCUT2D eigenvalue weighted by Gasteiger charge is 2.20. The molecular formula is C11H15Br2NO2. The van der Waals surface area contributed by atoms with Crippen molar-refractivity contribution in [2.45, 2.75) is 26.3 Å². The van der Waals surface area contributed by atoms with Gasteiger partial charge >= 0.3 is 0 Å². The highest BCUT2D eigenvalue weighted by atomic mass is 79.9. The number of halogens is 2. The van der Waals surface area contributed by atoms with Crippen LogP contribution in [0.1, 0.15) is 30.8 Å². The van der Waals surface area contributed by atoms with Gasteiger partial charge in [-0.15, -0.1) is 0 Å². The Morgan fingerprint density at radius 2 is 2.19 bits per heavy atom. The summed E-state index contributed by atoms with van der Waals surface area (Å²) in [4.78, 5) is 13.9. The maximum atomic E-state index is 12.1. The van der Waals surface area contributed by atoms with E-state index in [2.05, 4.69) is 31.9 Å². The molecule has 0 aliphatic heterocycles. The van der Waals surface area contributed by atoms with Gasteiger partial charge in [0.2, 0.25) is 0 Å². The average Bonchev–Trinajstić information content (AvgIpc) is 2.64. The topological polar surface area (TPSA) is 33.5 Å². The van der Waals surface area contributed by atoms with Crippen LogP contribution >= 0.6 is 31.9 Å². The summed E-state index contributed by atoms with van der Waals surface area (Å²) in [6, 6.07) is 3.60. The van der Waals surface area contributed by atoms with Crippen LogP contribution in [0.3, 0.4) is 0 Å². The Bertz CT molecular complexity index is 350. The molecule has 16 heavy (non-hydrogen) atoms. The van der Waals surface area contributed by atoms with Crippen LogP contribution in [0.2, 0.25) is 0 Å². The van der Waals surface area contributed by atoms with E-state index in [1.54, 1.807) is 12.1 Å². The maximum Gasteiger partial charge on any atom is 0.289 e. The molecule has 1 aromatic rings. The van der Waals surface area contributed by atoms with Gasteiger partial charge in [-0.25, -0.2) is 0 Å². The van der Waals surface area contributed by atoms with E-state index in [1.807, 2.05) is 18.7 Å². The van der Waals surface area contributed by atoms with Crippen LogP contribution in [0.4, 0.5) is 0 Å². The standard InChI is InChI=1S/C11H15Br2NO2/c1-8(2)14(7-3-6-12)11(15)9-4-5-10(13)16-9/h4-5,8H,3,6-7H2,1-2H3. The summed E-state index contributed by atoms with van der Waals surface area (Å²) in [7, 11) is 0. The van der Waals surface area contributed by atoms with E-state index in [-0.39, 0.29) is 11.9 Å². The molecule has 90 valence electrons. The molecule has 0 atom stereocenters. The van der Waals surface area contributed by atoms with Gasteiger partial charge in [0.15, 0.2) is 10.4 Å². The number of furan rings is 1. The molecule has 0 fully saturated rings. The smallest absolute Gasteiger partial charge is 0.289 e. The second-order valence-corrected chi connectivity index (χ2v) is 5.31. The van der Waals surface area contributed by atoms with E-state index in [9.17, 15) is 4.79 Å². The first-order chi connectivity index (χ1) is 7.56. The fourth-order valence-electron chi connectivity index (χ4n) is 1.40. The molecule has 0 aliphatic rings. The number of hydrogen-bond acceptors (Lipinski definition) is 2. The minimum Gasteiger partial charge on any atom is -0.444 e. The molecule has 0 aliphatic carbocycles. The van der Waals surface area contributed by atoms with Crippen molar-refractivity contribution in [2.75, 3.05) is 11.9 Å². The molecule has 0 saturated carbocycles. The Kier molecular flexibility index (Phi) is 5.55. The molecule has 1 aromatic heterocycles. The van der Waals surface area contributed by atoms with Crippen molar-refractivity contribution in [2.24, 2.45) is 0 Å². The second-order valence-electron chi connectivity index (χ2n) is 3.74. The third-order valence-corrected chi connectivity index (χ3v) is 3.19. The van der Waals surface area contributed by atoms with Crippen LogP contribution in [0.25, 0.3) is 0 Å². The van der Waals surface area contributed by atoms with Crippen LogP contribution < -0.4 is 0 Å². The van der Waals surface area contributed by atoms with Gasteiger partial charge in [-0.2, -0.15) is 0 Å². The Balaban J connectivity index is 2.74. The largest absolute Gasteiger partial charge is 0.444 e. The quantitative estimate of drug-likeness (QED) is 0.757. The van der Waals surface area contributed by atoms with Gasteiger partial charge in [0.25, 0.3) is 5.91 Å². The molecule has 1 heterocycles. The number of hydrogen-bond donors (Lipinski definition) is 0. The number of amides is 1. The zero-order chi connectivity index (χ0) is 12.1. The molecule has 0 N–H and O–H groups in total. The summed E-state index contributed by atoms with van der Waals surface area (Å²) in [5, 5.41) is 0.894. The zero-order valence-corrected chi connectivity index (χ0v) is 12.5. The van der Waals surface area contributed by atoms with Crippen molar-refractivity contribution in [1.29, 1.82) is 0 Å². The van der Waals surface area contributed by atoms with Gasteiger partial charge in [0.05, 0.1) is 0 Å². The van der Waals surface area contributed by atoms with Crippen molar-refractivity contribution in [3.63, 3.8) is 0 Å². The van der Waals surface area contributed by atoms with Gasteiger partial charge in [0.1, 0.15) is 0 Å². The van der Waals surface area contributed by atoms with Gasteiger partial charge in [-0.1, -0.05) is 15.9 Å². The highest BCUT2D eigenvalue weighted by Crippen LogP contribution is 2.17. The first kappa shape index (κ1) is 13.8. The van der Waals surface area contributed by atoms with Crippen LogP contribution in [-0.2, 0) is 0 Å². The molecule has 1 rings (SSSR count). The molecule has 0 spiro atoms. The van der Waals surface area contributed by atoms with Crippen molar-refractivity contribution in [1.82, 2.24) is 4.90 Å². The number of carbonyl (C=O) groups excluding carboxylic acids is 1. The molecule has 3 nitrogen and oxygen atoms in total. The van der Waals surface area contributed by atoms with E-state index < -0.39 is 0 Å². The Hall–Kier alpha value is -0.290. The number of rotatable bonds is 5. The maximum absolute atomic E-state index is 12.1. The summed E-state index contributed by atoms with van der Waals surface area (Å²) >= 11 is 6.56. The summed E-state index contributed by atoms with van der Waals surface area (Å²) < 4.78 is 5.85. The summed E-state index contributed by atoms with van der Waals surface area (Å²) in [5.74, 6) is 0.330. The van der Waals surface area contributed by atoms with E-state index in [0.29, 0.717) is 10.4 Å². The van der Waals surface area contributed by atoms with Crippen LogP contribution in [0.15, 0.2) is 21.2 Å². The van der Waals surface area contributed by atoms with Gasteiger partial charge in [-0.3, -0.25) is 4.79 Å². The number of nitrogens with zero attached hydrogens (tertiary/aromatic N) is 1. The van der Waals surface area contributed by atoms with Crippen molar-refractivity contribution in [3.05, 3.63) is 22.6 Å². The lowest BCUT2D eigenvalue weighted by atomic mass is 10.2. The van der Waals surface area contributed by atoms with E-state index in [4.69, 9.17) is 4.42 Å². The molecule has 1 amide bonds. The first-order valence-electron chi connectivity index (χ1n) is 5.18. The van der Waals surface area contributed by atoms with Gasteiger partial charge < -0.3 is 9.32 Å². The summed E-state index contributed by atoms with van der Waals surface area (Å²) in [5.41, 5.74) is 0. The molecule has 0 saturated heterocycles. The first-order valence-corrected chi connectivity index (χ1v) is 7.10. The Morgan fingerprint density at radius 3 is 2.62 bits per heavy atom. The SMILES string of the molecule is CC(C)N(CCCBr)C(=O)c1ccc(Br)o1. The van der Waals surface area contributed by atoms with Crippen LogP contribution in [0.5, 0.6) is 0 Å². The third-order valence-electron chi connectivity index (χ3n) is 2.20. The predicted octanol–water partition coefficient (Wildman–Crippen LogP) is 3.68. The lowest BCUT2D eigenvalue weighted by Crippen LogP contribution is -2.37. The molecule has 0 aromatic carbocycles. The Labute approximate surface area is 112 Å². The molecule has 0 radical (unpaired) electrons. The van der Waals surface area contributed by atoms with Crippen molar-refractivity contribution >= 4 is 37.8 Å². The fourth-order valence-corrected chi connectivity index (χ4v) is 1.95. The predicted molar refractivity (Wildman–Crippen MR) is 71.0 cm³/mol. The van der Waals surface area contributed by atoms with E-state index in [1.165, 1.54) is 0 Å². The summed E-state index contributed by atoms with van der Waals surface area (Å²) in [6.07, 6.45) is 0.936. The minimum absolute atomic E-state index is 0.0540. The van der Waals surface area contributed by atoms with Crippen molar-refractivity contribution < 1.29 is 9.21 Å². The van der Waals surface area contributed by atoms with Crippen molar-refractivity contribution in [3.8, 4) is 0 Å². The van der Waals surface area contributed by atoms with E-state index in [0.717, 1.165) is 18.3 Å². The van der Waals surface area contributed by atoms with Crippen LogP contribution in [-0.4, -0.2) is 28.7 Å². The normalized spacial score (nSPS) is 10.8. The number of carbonyl (C=O) groups is 1. The Morgan fingerprint density at radius 1 is 1.50 bits per heavy atom. The molecular weight excluding hydrogens is 338 g/mol. The lowest BCUT2D eigenvalue weighted by molar-refractivity contribution is 0.0672. The second kappa shape index (κ2) is 6.45. The highest BCUT2D eigenvalue weighted by molar-refractivity contribution is 9.10. The molecule has 5 heteroatoms. The van der Waals surface area contributed by atoms with Crippen LogP contribution in [0, 0.1) is 0 Å². The molecule has 0 unspecified atom stereocenters. The summed E-state index contributed by atoms with van der Waals surface area (Å²) in [6.45, 7) is 4.74. The number of alkyl halides is 1. The average molecular weight is 353 g/mol. The van der Waals surface area contributed by atoms with Gasteiger partial charge in [-0.05, 0) is 48.3 Å². The monoisotopic (exact) mass is 351 g/mol. The fraction of sp³-hybridized carbons (Fsp3) is 0.545.